The summed E-state index contributed by atoms with van der Waals surface area (Å²) < 4.78 is 26.5. The number of hydrogen-bond donors (Lipinski definition) is 2. The number of nitrogens with one attached hydrogen (secondary N) is 1. The smallest absolute Gasteiger partial charge is 0.245 e. The highest BCUT2D eigenvalue weighted by Gasteiger charge is 2.30. The highest BCUT2D eigenvalue weighted by molar-refractivity contribution is 7.89. The molecule has 0 radical (unpaired) electrons. The van der Waals surface area contributed by atoms with Gasteiger partial charge in [0.25, 0.3) is 0 Å². The van der Waals surface area contributed by atoms with Crippen molar-refractivity contribution in [1.82, 2.24) is 9.62 Å². The fourth-order valence-electron chi connectivity index (χ4n) is 2.42. The summed E-state index contributed by atoms with van der Waals surface area (Å²) in [4.78, 5) is 11.5. The second-order valence-electron chi connectivity index (χ2n) is 5.14. The van der Waals surface area contributed by atoms with Crippen LogP contribution in [0.5, 0.6) is 0 Å². The largest absolute Gasteiger partial charge is 0.398 e. The van der Waals surface area contributed by atoms with Gasteiger partial charge >= 0.3 is 0 Å². The predicted molar refractivity (Wildman–Crippen MR) is 81.1 cm³/mol. The first-order valence-electron chi connectivity index (χ1n) is 7.09. The molecule has 6 nitrogen and oxygen atoms in total. The van der Waals surface area contributed by atoms with Crippen LogP contribution in [0.2, 0.25) is 0 Å². The number of rotatable bonds is 4. The molecule has 1 aromatic carbocycles. The van der Waals surface area contributed by atoms with Gasteiger partial charge in [0.05, 0.1) is 5.69 Å². The quantitative estimate of drug-likeness (QED) is 0.810. The number of piperidine rings is 1. The Morgan fingerprint density at radius 2 is 1.95 bits per heavy atom. The van der Waals surface area contributed by atoms with E-state index in [0.717, 1.165) is 0 Å². The lowest BCUT2D eigenvalue weighted by atomic mass is 10.1. The first-order chi connectivity index (χ1) is 9.95. The lowest BCUT2D eigenvalue weighted by molar-refractivity contribution is -0.121. The summed E-state index contributed by atoms with van der Waals surface area (Å²) in [5.74, 6) is 0.00334. The molecule has 3 N–H and O–H groups in total. The van der Waals surface area contributed by atoms with Crippen LogP contribution in [-0.2, 0) is 14.8 Å². The molecule has 0 aliphatic carbocycles. The zero-order valence-electron chi connectivity index (χ0n) is 12.1. The minimum absolute atomic E-state index is 0.00334. The molecule has 1 heterocycles. The van der Waals surface area contributed by atoms with Gasteiger partial charge in [-0.15, -0.1) is 0 Å². The van der Waals surface area contributed by atoms with Crippen molar-refractivity contribution in [2.75, 3.05) is 18.8 Å². The molecule has 2 rings (SSSR count). The van der Waals surface area contributed by atoms with E-state index in [4.69, 9.17) is 5.73 Å². The fraction of sp³-hybridized carbons (Fsp3) is 0.500. The minimum Gasteiger partial charge on any atom is -0.398 e. The number of carbonyl (C=O) groups excluding carboxylic acids is 1. The van der Waals surface area contributed by atoms with Crippen molar-refractivity contribution in [2.24, 2.45) is 0 Å². The summed E-state index contributed by atoms with van der Waals surface area (Å²) in [5, 5.41) is 2.91. The summed E-state index contributed by atoms with van der Waals surface area (Å²) in [5.41, 5.74) is 6.02. The van der Waals surface area contributed by atoms with Crippen molar-refractivity contribution in [3.63, 3.8) is 0 Å². The maximum Gasteiger partial charge on any atom is 0.245 e. The highest BCUT2D eigenvalue weighted by atomic mass is 32.2. The molecule has 0 aromatic heterocycles. The van der Waals surface area contributed by atoms with E-state index in [-0.39, 0.29) is 22.5 Å². The number of amides is 1. The maximum atomic E-state index is 12.6. The Hall–Kier alpha value is -1.60. The first kappa shape index (κ1) is 15.8. The van der Waals surface area contributed by atoms with Crippen molar-refractivity contribution < 1.29 is 13.2 Å². The first-order valence-corrected chi connectivity index (χ1v) is 8.53. The molecule has 1 aliphatic rings. The summed E-state index contributed by atoms with van der Waals surface area (Å²) >= 11 is 0. The number of carbonyl (C=O) groups is 1. The second-order valence-corrected chi connectivity index (χ2v) is 7.04. The lowest BCUT2D eigenvalue weighted by Crippen LogP contribution is -2.46. The molecule has 1 aliphatic heterocycles. The van der Waals surface area contributed by atoms with Crippen molar-refractivity contribution in [2.45, 2.75) is 37.1 Å². The molecule has 1 saturated heterocycles. The third kappa shape index (κ3) is 3.54. The van der Waals surface area contributed by atoms with Crippen molar-refractivity contribution >= 4 is 21.6 Å². The van der Waals surface area contributed by atoms with Gasteiger partial charge in [-0.05, 0) is 25.0 Å². The zero-order chi connectivity index (χ0) is 15.5. The van der Waals surface area contributed by atoms with Gasteiger partial charge in [0, 0.05) is 25.6 Å². The van der Waals surface area contributed by atoms with Gasteiger partial charge in [-0.1, -0.05) is 19.1 Å². The number of sulfonamides is 1. The average Bonchev–Trinajstić information content (AvgIpc) is 2.48. The Morgan fingerprint density at radius 3 is 2.52 bits per heavy atom. The van der Waals surface area contributed by atoms with Crippen molar-refractivity contribution in [3.8, 4) is 0 Å². The van der Waals surface area contributed by atoms with Crippen LogP contribution in [0.1, 0.15) is 26.2 Å². The molecule has 0 saturated carbocycles. The van der Waals surface area contributed by atoms with Gasteiger partial charge in [-0.2, -0.15) is 4.31 Å². The van der Waals surface area contributed by atoms with Crippen LogP contribution >= 0.6 is 0 Å². The van der Waals surface area contributed by atoms with E-state index in [1.807, 2.05) is 0 Å². The number of para-hydroxylation sites is 1. The number of benzene rings is 1. The van der Waals surface area contributed by atoms with E-state index in [9.17, 15) is 13.2 Å². The van der Waals surface area contributed by atoms with Crippen LogP contribution in [0.4, 0.5) is 5.69 Å². The van der Waals surface area contributed by atoms with Crippen LogP contribution in [0.15, 0.2) is 29.2 Å². The molecule has 0 atom stereocenters. The molecule has 0 spiro atoms. The van der Waals surface area contributed by atoms with Gasteiger partial charge in [0.2, 0.25) is 15.9 Å². The topological polar surface area (TPSA) is 92.5 Å². The third-order valence-corrected chi connectivity index (χ3v) is 5.65. The predicted octanol–water partition coefficient (Wildman–Crippen LogP) is 0.948. The Morgan fingerprint density at radius 1 is 1.33 bits per heavy atom. The van der Waals surface area contributed by atoms with E-state index < -0.39 is 10.0 Å². The summed E-state index contributed by atoms with van der Waals surface area (Å²) in [6, 6.07) is 6.53. The van der Waals surface area contributed by atoms with E-state index in [0.29, 0.717) is 32.4 Å². The van der Waals surface area contributed by atoms with Crippen molar-refractivity contribution in [1.29, 1.82) is 0 Å². The Labute approximate surface area is 125 Å². The maximum absolute atomic E-state index is 12.6. The van der Waals surface area contributed by atoms with E-state index in [1.54, 1.807) is 25.1 Å². The normalized spacial score (nSPS) is 17.6. The molecule has 116 valence electrons. The zero-order valence-corrected chi connectivity index (χ0v) is 12.9. The number of nitrogens with zero attached hydrogens (tertiary/aromatic N) is 1. The molecular weight excluding hydrogens is 290 g/mol. The van der Waals surface area contributed by atoms with Gasteiger partial charge in [0.1, 0.15) is 4.90 Å². The molecule has 7 heteroatoms. The Balaban J connectivity index is 2.05. The Bertz CT molecular complexity index is 608. The Kier molecular flexibility index (Phi) is 4.84. The molecule has 1 fully saturated rings. The second kappa shape index (κ2) is 6.44. The number of hydrogen-bond acceptors (Lipinski definition) is 4. The SMILES string of the molecule is CCC(=O)NC1CCN(S(=O)(=O)c2ccccc2N)CC1. The minimum atomic E-state index is -3.55. The molecule has 0 bridgehead atoms. The average molecular weight is 311 g/mol. The molecule has 1 amide bonds. The fourth-order valence-corrected chi connectivity index (χ4v) is 4.01. The molecule has 1 aromatic rings. The van der Waals surface area contributed by atoms with Gasteiger partial charge < -0.3 is 11.1 Å². The molecule has 0 unspecified atom stereocenters. The van der Waals surface area contributed by atoms with Gasteiger partial charge in [-0.25, -0.2) is 8.42 Å². The van der Waals surface area contributed by atoms with Crippen LogP contribution < -0.4 is 11.1 Å². The van der Waals surface area contributed by atoms with Crippen LogP contribution in [0.25, 0.3) is 0 Å². The standard InChI is InChI=1S/C14H21N3O3S/c1-2-14(18)16-11-7-9-17(10-8-11)21(19,20)13-6-4-3-5-12(13)15/h3-6,11H,2,7-10,15H2,1H3,(H,16,18). The van der Waals surface area contributed by atoms with Crippen LogP contribution in [-0.4, -0.2) is 37.8 Å². The van der Waals surface area contributed by atoms with Gasteiger partial charge in [-0.3, -0.25) is 4.79 Å². The number of nitrogens with two attached hydrogens (primary N) is 1. The van der Waals surface area contributed by atoms with E-state index in [1.165, 1.54) is 10.4 Å². The summed E-state index contributed by atoms with van der Waals surface area (Å²) in [6.07, 6.45) is 1.69. The van der Waals surface area contributed by atoms with Crippen molar-refractivity contribution in [3.05, 3.63) is 24.3 Å². The van der Waals surface area contributed by atoms with Crippen LogP contribution in [0, 0.1) is 0 Å². The number of nitrogen functional groups attached to an aromatic ring is 1. The summed E-state index contributed by atoms with van der Waals surface area (Å²) in [6.45, 7) is 2.59. The van der Waals surface area contributed by atoms with Gasteiger partial charge in [0.15, 0.2) is 0 Å². The third-order valence-electron chi connectivity index (χ3n) is 3.68. The lowest BCUT2D eigenvalue weighted by Gasteiger charge is -2.31. The van der Waals surface area contributed by atoms with E-state index in [2.05, 4.69) is 5.32 Å². The summed E-state index contributed by atoms with van der Waals surface area (Å²) in [7, 11) is -3.55. The highest BCUT2D eigenvalue weighted by Crippen LogP contribution is 2.24. The molecular formula is C14H21N3O3S. The van der Waals surface area contributed by atoms with Crippen LogP contribution in [0.3, 0.4) is 0 Å². The molecule has 21 heavy (non-hydrogen) atoms. The number of anilines is 1. The monoisotopic (exact) mass is 311 g/mol. The van der Waals surface area contributed by atoms with E-state index >= 15 is 0 Å².